The molecule has 0 aliphatic rings. The van der Waals surface area contributed by atoms with Gasteiger partial charge in [-0.2, -0.15) is 0 Å². The van der Waals surface area contributed by atoms with Crippen LogP contribution in [0.1, 0.15) is 84.0 Å². The standard InChI is InChI=1S/C21H43NO2P/c1-5-6-7-8-9-10-11-12-13-14-15-16-17-18-19-25(24)21(23)20-22(2,3)4/h10-11,24H,5-9,12-20H2,1-4H3/q+1. The molecule has 0 fully saturated rings. The number of hydrogen-bond acceptors (Lipinski definition) is 2. The number of unbranched alkanes of at least 4 members (excludes halogenated alkanes) is 10. The molecular weight excluding hydrogens is 329 g/mol. The van der Waals surface area contributed by atoms with Gasteiger partial charge < -0.3 is 9.38 Å². The van der Waals surface area contributed by atoms with Gasteiger partial charge in [0.2, 0.25) is 5.52 Å². The number of quaternary nitrogens is 1. The molecule has 0 rings (SSSR count). The highest BCUT2D eigenvalue weighted by Crippen LogP contribution is 2.33. The van der Waals surface area contributed by atoms with E-state index in [-0.39, 0.29) is 5.52 Å². The summed E-state index contributed by atoms with van der Waals surface area (Å²) < 4.78 is 0.603. The third-order valence-electron chi connectivity index (χ3n) is 4.28. The average molecular weight is 373 g/mol. The Morgan fingerprint density at radius 2 is 1.32 bits per heavy atom. The van der Waals surface area contributed by atoms with Gasteiger partial charge >= 0.3 is 0 Å². The first-order valence-corrected chi connectivity index (χ1v) is 11.8. The average Bonchev–Trinajstić information content (AvgIpc) is 2.53. The van der Waals surface area contributed by atoms with E-state index in [1.807, 2.05) is 21.1 Å². The first-order chi connectivity index (χ1) is 11.9. The van der Waals surface area contributed by atoms with Crippen LogP contribution in [-0.4, -0.2) is 48.8 Å². The molecule has 148 valence electrons. The zero-order chi connectivity index (χ0) is 19.0. The first kappa shape index (κ1) is 24.8. The van der Waals surface area contributed by atoms with Crippen LogP contribution in [0.2, 0.25) is 0 Å². The van der Waals surface area contributed by atoms with Crippen molar-refractivity contribution in [1.82, 2.24) is 0 Å². The van der Waals surface area contributed by atoms with Crippen LogP contribution in [0.25, 0.3) is 0 Å². The Morgan fingerprint density at radius 1 is 0.840 bits per heavy atom. The number of allylic oxidation sites excluding steroid dienone is 2. The smallest absolute Gasteiger partial charge is 0.234 e. The Morgan fingerprint density at radius 3 is 1.84 bits per heavy atom. The number of likely N-dealkylation sites (N-methyl/N-ethyl adjacent to an activating group) is 1. The minimum atomic E-state index is -1.41. The van der Waals surface area contributed by atoms with Crippen molar-refractivity contribution in [3.63, 3.8) is 0 Å². The lowest BCUT2D eigenvalue weighted by molar-refractivity contribution is -0.861. The normalized spacial score (nSPS) is 13.5. The van der Waals surface area contributed by atoms with Crippen LogP contribution in [0.5, 0.6) is 0 Å². The lowest BCUT2D eigenvalue weighted by Crippen LogP contribution is -2.39. The van der Waals surface area contributed by atoms with Gasteiger partial charge in [-0.25, -0.2) is 0 Å². The maximum atomic E-state index is 11.9. The van der Waals surface area contributed by atoms with Gasteiger partial charge in [0.15, 0.2) is 0 Å². The maximum Gasteiger partial charge on any atom is 0.234 e. The number of carbonyl (C=O) groups is 1. The van der Waals surface area contributed by atoms with Gasteiger partial charge in [0.25, 0.3) is 0 Å². The van der Waals surface area contributed by atoms with Crippen LogP contribution >= 0.6 is 8.15 Å². The van der Waals surface area contributed by atoms with Crippen molar-refractivity contribution in [1.29, 1.82) is 0 Å². The molecule has 0 saturated carbocycles. The molecule has 1 N–H and O–H groups in total. The third kappa shape index (κ3) is 18.4. The van der Waals surface area contributed by atoms with Crippen molar-refractivity contribution < 1.29 is 14.2 Å². The first-order valence-electron chi connectivity index (χ1n) is 10.3. The van der Waals surface area contributed by atoms with Crippen LogP contribution < -0.4 is 0 Å². The quantitative estimate of drug-likeness (QED) is 0.150. The van der Waals surface area contributed by atoms with E-state index in [0.29, 0.717) is 17.2 Å². The molecular formula is C21H43NO2P+. The molecule has 0 bridgehead atoms. The summed E-state index contributed by atoms with van der Waals surface area (Å²) >= 11 is 0. The molecule has 0 aromatic heterocycles. The molecule has 3 nitrogen and oxygen atoms in total. The predicted octanol–water partition coefficient (Wildman–Crippen LogP) is 5.87. The molecule has 0 spiro atoms. The van der Waals surface area contributed by atoms with Crippen molar-refractivity contribution >= 4 is 13.7 Å². The fourth-order valence-corrected chi connectivity index (χ4v) is 4.13. The SMILES string of the molecule is CCCCCCC=CCCCCCCCCP(O)C(=O)C[N+](C)(C)C. The fraction of sp³-hybridized carbons (Fsp3) is 0.857. The van der Waals surface area contributed by atoms with Crippen LogP contribution in [0.15, 0.2) is 12.2 Å². The van der Waals surface area contributed by atoms with Crippen molar-refractivity contribution in [2.24, 2.45) is 0 Å². The molecule has 0 radical (unpaired) electrons. The second-order valence-electron chi connectivity index (χ2n) is 8.20. The summed E-state index contributed by atoms with van der Waals surface area (Å²) in [7, 11) is 4.56. The summed E-state index contributed by atoms with van der Waals surface area (Å²) in [5, 5.41) is 0. The summed E-state index contributed by atoms with van der Waals surface area (Å²) in [6.45, 7) is 2.69. The second kappa shape index (κ2) is 16.0. The summed E-state index contributed by atoms with van der Waals surface area (Å²) in [4.78, 5) is 21.9. The van der Waals surface area contributed by atoms with Crippen LogP contribution in [-0.2, 0) is 4.79 Å². The van der Waals surface area contributed by atoms with Gasteiger partial charge in [-0.05, 0) is 38.3 Å². The predicted molar refractivity (Wildman–Crippen MR) is 112 cm³/mol. The van der Waals surface area contributed by atoms with Crippen molar-refractivity contribution in [2.45, 2.75) is 84.0 Å². The molecule has 0 aliphatic carbocycles. The minimum Gasteiger partial charge on any atom is -0.366 e. The monoisotopic (exact) mass is 372 g/mol. The van der Waals surface area contributed by atoms with E-state index in [9.17, 15) is 9.69 Å². The number of hydrogen-bond donors (Lipinski definition) is 1. The van der Waals surface area contributed by atoms with Crippen molar-refractivity contribution in [3.8, 4) is 0 Å². The van der Waals surface area contributed by atoms with Crippen LogP contribution in [0, 0.1) is 0 Å². The van der Waals surface area contributed by atoms with Gasteiger partial charge in [0.05, 0.1) is 21.1 Å². The van der Waals surface area contributed by atoms with E-state index >= 15 is 0 Å². The molecule has 0 saturated heterocycles. The lowest BCUT2D eigenvalue weighted by atomic mass is 10.1. The van der Waals surface area contributed by atoms with E-state index < -0.39 is 8.15 Å². The summed E-state index contributed by atoms with van der Waals surface area (Å²) in [6, 6.07) is 0. The van der Waals surface area contributed by atoms with Crippen LogP contribution in [0.4, 0.5) is 0 Å². The minimum absolute atomic E-state index is 0.0454. The summed E-state index contributed by atoms with van der Waals surface area (Å²) in [5.74, 6) is 0. The number of carbonyl (C=O) groups excluding carboxylic acids is 1. The summed E-state index contributed by atoms with van der Waals surface area (Å²) in [6.07, 6.45) is 20.5. The van der Waals surface area contributed by atoms with E-state index in [1.165, 1.54) is 64.2 Å². The Labute approximate surface area is 158 Å². The van der Waals surface area contributed by atoms with Crippen molar-refractivity contribution in [2.75, 3.05) is 33.8 Å². The highest BCUT2D eigenvalue weighted by Gasteiger charge is 2.21. The lowest BCUT2D eigenvalue weighted by Gasteiger charge is -2.23. The Balaban J connectivity index is 3.38. The molecule has 1 unspecified atom stereocenters. The zero-order valence-electron chi connectivity index (χ0n) is 17.3. The molecule has 25 heavy (non-hydrogen) atoms. The third-order valence-corrected chi connectivity index (χ3v) is 5.74. The van der Waals surface area contributed by atoms with Gasteiger partial charge in [0, 0.05) is 0 Å². The van der Waals surface area contributed by atoms with Crippen molar-refractivity contribution in [3.05, 3.63) is 12.2 Å². The van der Waals surface area contributed by atoms with E-state index in [4.69, 9.17) is 0 Å². The van der Waals surface area contributed by atoms with E-state index in [2.05, 4.69) is 19.1 Å². The van der Waals surface area contributed by atoms with Gasteiger partial charge in [-0.1, -0.05) is 64.0 Å². The Bertz CT molecular complexity index is 350. The molecule has 1 atom stereocenters. The second-order valence-corrected chi connectivity index (χ2v) is 9.94. The molecule has 0 heterocycles. The summed E-state index contributed by atoms with van der Waals surface area (Å²) in [5.41, 5.74) is 0.0454. The highest BCUT2D eigenvalue weighted by molar-refractivity contribution is 7.69. The van der Waals surface area contributed by atoms with E-state index in [0.717, 1.165) is 12.8 Å². The van der Waals surface area contributed by atoms with Crippen LogP contribution in [0.3, 0.4) is 0 Å². The van der Waals surface area contributed by atoms with Gasteiger partial charge in [0.1, 0.15) is 14.7 Å². The largest absolute Gasteiger partial charge is 0.366 e. The molecule has 0 aromatic rings. The number of rotatable bonds is 17. The molecule has 0 amide bonds. The topological polar surface area (TPSA) is 37.3 Å². The maximum absolute atomic E-state index is 11.9. The fourth-order valence-electron chi connectivity index (χ4n) is 2.77. The van der Waals surface area contributed by atoms with Gasteiger partial charge in [-0.3, -0.25) is 4.79 Å². The Hall–Kier alpha value is -0.240. The molecule has 0 aliphatic heterocycles. The molecule has 4 heteroatoms. The van der Waals surface area contributed by atoms with E-state index in [1.54, 1.807) is 0 Å². The molecule has 0 aromatic carbocycles. The van der Waals surface area contributed by atoms with Gasteiger partial charge in [-0.15, -0.1) is 0 Å². The Kier molecular flexibility index (Phi) is 15.8. The highest BCUT2D eigenvalue weighted by atomic mass is 31.1. The zero-order valence-corrected chi connectivity index (χ0v) is 18.2. The number of nitrogens with zero attached hydrogens (tertiary/aromatic N) is 1.